The summed E-state index contributed by atoms with van der Waals surface area (Å²) in [5.74, 6) is 0.619. The molecule has 7 nitrogen and oxygen atoms in total. The molecule has 1 spiro atoms. The van der Waals surface area contributed by atoms with E-state index in [4.69, 9.17) is 9.47 Å². The van der Waals surface area contributed by atoms with Gasteiger partial charge < -0.3 is 19.7 Å². The molecule has 0 unspecified atom stereocenters. The highest BCUT2D eigenvalue weighted by molar-refractivity contribution is 5.96. The minimum Gasteiger partial charge on any atom is -0.492 e. The Kier molecular flexibility index (Phi) is 7.94. The molecule has 1 fully saturated rings. The monoisotopic (exact) mass is 451 g/mol. The van der Waals surface area contributed by atoms with Gasteiger partial charge in [-0.2, -0.15) is 0 Å². The second kappa shape index (κ2) is 11.3. The first-order valence-electron chi connectivity index (χ1n) is 11.9. The van der Waals surface area contributed by atoms with E-state index in [1.807, 2.05) is 35.2 Å². The summed E-state index contributed by atoms with van der Waals surface area (Å²) in [4.78, 5) is 31.5. The number of aromatic nitrogens is 1. The number of pyridine rings is 1. The molecule has 0 saturated carbocycles. The zero-order chi connectivity index (χ0) is 22.9. The van der Waals surface area contributed by atoms with Crippen molar-refractivity contribution in [3.8, 4) is 5.75 Å². The van der Waals surface area contributed by atoms with E-state index in [9.17, 15) is 9.59 Å². The van der Waals surface area contributed by atoms with Gasteiger partial charge >= 0.3 is 0 Å². The Balaban J connectivity index is 1.43. The van der Waals surface area contributed by atoms with Crippen molar-refractivity contribution in [2.45, 2.75) is 38.5 Å². The molecule has 1 N–H and O–H groups in total. The lowest BCUT2D eigenvalue weighted by Crippen LogP contribution is -2.46. The Hall–Kier alpha value is -2.93. The van der Waals surface area contributed by atoms with E-state index in [-0.39, 0.29) is 17.2 Å². The Labute approximate surface area is 195 Å². The summed E-state index contributed by atoms with van der Waals surface area (Å²) in [6.07, 6.45) is 8.70. The number of carbonyl (C=O) groups is 2. The van der Waals surface area contributed by atoms with Crippen LogP contribution in [0.3, 0.4) is 0 Å². The fourth-order valence-electron chi connectivity index (χ4n) is 4.64. The summed E-state index contributed by atoms with van der Waals surface area (Å²) < 4.78 is 12.0. The third-order valence-electron chi connectivity index (χ3n) is 6.70. The summed E-state index contributed by atoms with van der Waals surface area (Å²) >= 11 is 0. The zero-order valence-corrected chi connectivity index (χ0v) is 19.1. The number of benzene rings is 1. The fourth-order valence-corrected chi connectivity index (χ4v) is 4.64. The Morgan fingerprint density at radius 3 is 2.73 bits per heavy atom. The molecule has 33 heavy (non-hydrogen) atoms. The predicted molar refractivity (Wildman–Crippen MR) is 125 cm³/mol. The van der Waals surface area contributed by atoms with Crippen LogP contribution < -0.4 is 10.1 Å². The lowest BCUT2D eigenvalue weighted by atomic mass is 9.75. The van der Waals surface area contributed by atoms with E-state index in [2.05, 4.69) is 10.3 Å². The molecule has 2 aliphatic heterocycles. The van der Waals surface area contributed by atoms with E-state index in [1.54, 1.807) is 18.5 Å². The van der Waals surface area contributed by atoms with Gasteiger partial charge in [0, 0.05) is 44.0 Å². The number of nitrogens with zero attached hydrogens (tertiary/aromatic N) is 2. The molecule has 3 heterocycles. The molecule has 0 bridgehead atoms. The van der Waals surface area contributed by atoms with Crippen LogP contribution in [-0.2, 0) is 16.0 Å². The molecule has 7 heteroatoms. The first-order valence-corrected chi connectivity index (χ1v) is 11.9. The number of likely N-dealkylation sites (tertiary alicyclic amines) is 1. The number of fused-ring (bicyclic) bond motifs is 1. The van der Waals surface area contributed by atoms with Gasteiger partial charge in [-0.05, 0) is 49.4 Å². The Bertz CT molecular complexity index is 926. The smallest absolute Gasteiger partial charge is 0.255 e. The van der Waals surface area contributed by atoms with Crippen LogP contribution >= 0.6 is 0 Å². The average Bonchev–Trinajstić information content (AvgIpc) is 2.85. The lowest BCUT2D eigenvalue weighted by molar-refractivity contribution is -0.133. The van der Waals surface area contributed by atoms with Crippen LogP contribution in [0.15, 0.2) is 48.8 Å². The second-order valence-electron chi connectivity index (χ2n) is 9.03. The van der Waals surface area contributed by atoms with Crippen LogP contribution in [0.4, 0.5) is 0 Å². The maximum atomic E-state index is 12.8. The number of rotatable bonds is 2. The Morgan fingerprint density at radius 2 is 1.91 bits per heavy atom. The SMILES string of the molecule is O=C1NCCOCCCCC2(CCN(C(=O)Cc3cccnc3)CC2)COc2ccccc21. The molecule has 1 saturated heterocycles. The number of nitrogens with one attached hydrogen (secondary N) is 1. The number of amides is 2. The van der Waals surface area contributed by atoms with Gasteiger partial charge in [-0.25, -0.2) is 0 Å². The van der Waals surface area contributed by atoms with Crippen LogP contribution in [0.2, 0.25) is 0 Å². The van der Waals surface area contributed by atoms with Crippen molar-refractivity contribution in [2.75, 3.05) is 39.5 Å². The molecule has 1 aromatic heterocycles. The number of hydrogen-bond donors (Lipinski definition) is 1. The number of carbonyl (C=O) groups excluding carboxylic acids is 2. The van der Waals surface area contributed by atoms with E-state index in [1.165, 1.54) is 0 Å². The van der Waals surface area contributed by atoms with Gasteiger partial charge in [-0.3, -0.25) is 14.6 Å². The van der Waals surface area contributed by atoms with Crippen molar-refractivity contribution in [3.05, 3.63) is 59.9 Å². The summed E-state index contributed by atoms with van der Waals surface area (Å²) in [6, 6.07) is 11.2. The number of piperidine rings is 1. The van der Waals surface area contributed by atoms with E-state index in [0.717, 1.165) is 50.8 Å². The molecule has 2 aromatic rings. The van der Waals surface area contributed by atoms with Crippen LogP contribution in [0, 0.1) is 5.41 Å². The zero-order valence-electron chi connectivity index (χ0n) is 19.1. The fraction of sp³-hybridized carbons (Fsp3) is 0.500. The molecule has 176 valence electrons. The van der Waals surface area contributed by atoms with Gasteiger partial charge in [-0.15, -0.1) is 0 Å². The first-order chi connectivity index (χ1) is 16.2. The predicted octanol–water partition coefficient (Wildman–Crippen LogP) is 3.24. The highest BCUT2D eigenvalue weighted by Gasteiger charge is 2.36. The molecule has 0 atom stereocenters. The molecule has 2 aliphatic rings. The highest BCUT2D eigenvalue weighted by Crippen LogP contribution is 2.38. The molecule has 4 rings (SSSR count). The topological polar surface area (TPSA) is 80.8 Å². The van der Waals surface area contributed by atoms with Gasteiger partial charge in [0.15, 0.2) is 0 Å². The van der Waals surface area contributed by atoms with Crippen molar-refractivity contribution in [1.82, 2.24) is 15.2 Å². The van der Waals surface area contributed by atoms with Crippen molar-refractivity contribution in [1.29, 1.82) is 0 Å². The summed E-state index contributed by atoms with van der Waals surface area (Å²) in [5.41, 5.74) is 1.48. The first kappa shape index (κ1) is 23.2. The van der Waals surface area contributed by atoms with E-state index < -0.39 is 0 Å². The quantitative estimate of drug-likeness (QED) is 0.758. The summed E-state index contributed by atoms with van der Waals surface area (Å²) in [6.45, 7) is 3.68. The third-order valence-corrected chi connectivity index (χ3v) is 6.70. The van der Waals surface area contributed by atoms with Gasteiger partial charge in [0.2, 0.25) is 5.91 Å². The average molecular weight is 452 g/mol. The summed E-state index contributed by atoms with van der Waals surface area (Å²) in [7, 11) is 0. The van der Waals surface area contributed by atoms with Crippen LogP contribution in [0.1, 0.15) is 48.0 Å². The van der Waals surface area contributed by atoms with Crippen LogP contribution in [0.25, 0.3) is 0 Å². The molecule has 1 aromatic carbocycles. The van der Waals surface area contributed by atoms with Crippen LogP contribution in [0.5, 0.6) is 5.75 Å². The van der Waals surface area contributed by atoms with Crippen molar-refractivity contribution < 1.29 is 19.1 Å². The minimum absolute atomic E-state index is 0.0151. The normalized spacial score (nSPS) is 19.6. The lowest BCUT2D eigenvalue weighted by Gasteiger charge is -2.42. The van der Waals surface area contributed by atoms with Gasteiger partial charge in [0.1, 0.15) is 5.75 Å². The number of para-hydroxylation sites is 1. The number of ether oxygens (including phenoxy) is 2. The maximum Gasteiger partial charge on any atom is 0.255 e. The second-order valence-corrected chi connectivity index (χ2v) is 9.03. The van der Waals surface area contributed by atoms with Gasteiger partial charge in [-0.1, -0.05) is 24.6 Å². The molecule has 0 aliphatic carbocycles. The number of hydrogen-bond acceptors (Lipinski definition) is 5. The van der Waals surface area contributed by atoms with Gasteiger partial charge in [0.05, 0.1) is 25.2 Å². The molecular formula is C26H33N3O4. The molecular weight excluding hydrogens is 418 g/mol. The van der Waals surface area contributed by atoms with Crippen molar-refractivity contribution in [2.24, 2.45) is 5.41 Å². The molecule has 2 amide bonds. The highest BCUT2D eigenvalue weighted by atomic mass is 16.5. The van der Waals surface area contributed by atoms with E-state index >= 15 is 0 Å². The van der Waals surface area contributed by atoms with E-state index in [0.29, 0.717) is 44.1 Å². The maximum absolute atomic E-state index is 12.8. The Morgan fingerprint density at radius 1 is 1.06 bits per heavy atom. The molecule has 0 radical (unpaired) electrons. The van der Waals surface area contributed by atoms with Crippen LogP contribution in [-0.4, -0.2) is 61.2 Å². The largest absolute Gasteiger partial charge is 0.492 e. The standard InChI is InChI=1S/C26H33N3O4/c30-24(18-21-6-5-12-27-19-21)29-14-10-26(11-15-29)9-3-4-16-32-17-13-28-25(31)22-7-1-2-8-23(22)33-20-26/h1-2,5-8,12,19H,3-4,9-11,13-18,20H2,(H,28,31). The van der Waals surface area contributed by atoms with Crippen molar-refractivity contribution >= 4 is 11.8 Å². The van der Waals surface area contributed by atoms with Gasteiger partial charge in [0.25, 0.3) is 5.91 Å². The third kappa shape index (κ3) is 6.32. The minimum atomic E-state index is -0.142. The van der Waals surface area contributed by atoms with Crippen molar-refractivity contribution in [3.63, 3.8) is 0 Å². The summed E-state index contributed by atoms with van der Waals surface area (Å²) in [5, 5.41) is 2.91.